The van der Waals surface area contributed by atoms with E-state index in [4.69, 9.17) is 11.6 Å². The quantitative estimate of drug-likeness (QED) is 0.679. The van der Waals surface area contributed by atoms with Gasteiger partial charge < -0.3 is 0 Å². The Morgan fingerprint density at radius 1 is 1.05 bits per heavy atom. The van der Waals surface area contributed by atoms with Crippen LogP contribution >= 0.6 is 22.9 Å². The summed E-state index contributed by atoms with van der Waals surface area (Å²) >= 11 is 7.07. The van der Waals surface area contributed by atoms with Crippen molar-refractivity contribution in [1.82, 2.24) is 5.32 Å². The Kier molecular flexibility index (Phi) is 3.79. The molecule has 0 spiro atoms. The van der Waals surface area contributed by atoms with Crippen LogP contribution in [-0.4, -0.2) is 17.8 Å². The van der Waals surface area contributed by atoms with Crippen LogP contribution in [0.3, 0.4) is 0 Å². The van der Waals surface area contributed by atoms with Gasteiger partial charge in [0.05, 0.1) is 10.0 Å². The fraction of sp³-hybridized carbons (Fsp3) is 0. The topological polar surface area (TPSA) is 66.5 Å². The molecule has 2 aromatic rings. The Morgan fingerprint density at radius 3 is 2.41 bits per heavy atom. The number of benzene rings is 1. The number of thiophene rings is 1. The fourth-order valence-corrected chi connectivity index (χ4v) is 3.02. The number of carbonyl (C=O) groups excluding carboxylic acids is 3. The van der Waals surface area contributed by atoms with Crippen LogP contribution in [0.4, 0.5) is 10.5 Å². The number of nitrogens with one attached hydrogen (secondary N) is 1. The summed E-state index contributed by atoms with van der Waals surface area (Å²) in [5, 5.41) is 2.17. The first-order valence-corrected chi connectivity index (χ1v) is 7.47. The van der Waals surface area contributed by atoms with Crippen LogP contribution in [0.1, 0.15) is 4.88 Å². The summed E-state index contributed by atoms with van der Waals surface area (Å²) in [4.78, 5) is 38.0. The summed E-state index contributed by atoms with van der Waals surface area (Å²) in [5.41, 5.74) is 0.287. The molecule has 7 heteroatoms. The number of carbonyl (C=O) groups is 3. The summed E-state index contributed by atoms with van der Waals surface area (Å²) in [7, 11) is 0. The Hall–Kier alpha value is -2.44. The minimum atomic E-state index is -0.762. The minimum absolute atomic E-state index is 0.109. The summed E-state index contributed by atoms with van der Waals surface area (Å²) in [5.74, 6) is -1.38. The van der Waals surface area contributed by atoms with Gasteiger partial charge in [0, 0.05) is 4.88 Å². The summed E-state index contributed by atoms with van der Waals surface area (Å²) in [6.07, 6.45) is 1.43. The van der Waals surface area contributed by atoms with Crippen molar-refractivity contribution in [3.63, 3.8) is 0 Å². The number of amides is 4. The summed E-state index contributed by atoms with van der Waals surface area (Å²) < 4.78 is 0.548. The van der Waals surface area contributed by atoms with Gasteiger partial charge in [0.1, 0.15) is 5.57 Å². The number of halogens is 1. The monoisotopic (exact) mass is 332 g/mol. The summed E-state index contributed by atoms with van der Waals surface area (Å²) in [6.45, 7) is 0. The van der Waals surface area contributed by atoms with E-state index in [2.05, 4.69) is 5.32 Å². The Labute approximate surface area is 134 Å². The second-order valence-corrected chi connectivity index (χ2v) is 6.18. The second-order valence-electron chi connectivity index (χ2n) is 4.44. The number of urea groups is 1. The number of hydrogen-bond acceptors (Lipinski definition) is 4. The van der Waals surface area contributed by atoms with Crippen molar-refractivity contribution in [1.29, 1.82) is 0 Å². The molecule has 1 aromatic carbocycles. The SMILES string of the molecule is O=C1NC(=O)N(c2ccccc2)C(=O)/C1=C/c1ccc(Cl)s1. The van der Waals surface area contributed by atoms with Gasteiger partial charge in [-0.25, -0.2) is 9.69 Å². The van der Waals surface area contributed by atoms with Crippen LogP contribution in [0, 0.1) is 0 Å². The lowest BCUT2D eigenvalue weighted by Gasteiger charge is -2.26. The number of anilines is 1. The maximum Gasteiger partial charge on any atom is 0.335 e. The maximum absolute atomic E-state index is 12.5. The Balaban J connectivity index is 2.01. The molecule has 0 saturated carbocycles. The zero-order valence-electron chi connectivity index (χ0n) is 11.1. The average molecular weight is 333 g/mol. The fourth-order valence-electron chi connectivity index (χ4n) is 2.02. The lowest BCUT2D eigenvalue weighted by molar-refractivity contribution is -0.122. The van der Waals surface area contributed by atoms with Crippen molar-refractivity contribution in [3.05, 3.63) is 57.3 Å². The molecule has 1 saturated heterocycles. The zero-order chi connectivity index (χ0) is 15.7. The van der Waals surface area contributed by atoms with Crippen molar-refractivity contribution < 1.29 is 14.4 Å². The van der Waals surface area contributed by atoms with Crippen molar-refractivity contribution in [2.24, 2.45) is 0 Å². The highest BCUT2D eigenvalue weighted by molar-refractivity contribution is 7.17. The zero-order valence-corrected chi connectivity index (χ0v) is 12.6. The molecule has 1 aliphatic heterocycles. The van der Waals surface area contributed by atoms with E-state index in [1.807, 2.05) is 0 Å². The molecule has 5 nitrogen and oxygen atoms in total. The molecule has 4 amide bonds. The summed E-state index contributed by atoms with van der Waals surface area (Å²) in [6, 6.07) is 11.0. The molecule has 22 heavy (non-hydrogen) atoms. The number of nitrogens with zero attached hydrogens (tertiary/aromatic N) is 1. The van der Waals surface area contributed by atoms with E-state index in [9.17, 15) is 14.4 Å². The van der Waals surface area contributed by atoms with Gasteiger partial charge in [-0.3, -0.25) is 14.9 Å². The van der Waals surface area contributed by atoms with E-state index in [0.29, 0.717) is 14.9 Å². The highest BCUT2D eigenvalue weighted by atomic mass is 35.5. The number of imide groups is 2. The van der Waals surface area contributed by atoms with Crippen LogP contribution < -0.4 is 10.2 Å². The standard InChI is InChI=1S/C15H9ClN2O3S/c16-12-7-6-10(22-12)8-11-13(19)17-15(21)18(14(11)20)9-4-2-1-3-5-9/h1-8H,(H,17,19,21)/b11-8+. The molecule has 1 N–H and O–H groups in total. The molecule has 1 aromatic heterocycles. The molecule has 0 bridgehead atoms. The predicted octanol–water partition coefficient (Wildman–Crippen LogP) is 3.07. The van der Waals surface area contributed by atoms with Gasteiger partial charge in [0.15, 0.2) is 0 Å². The molecule has 0 unspecified atom stereocenters. The maximum atomic E-state index is 12.5. The van der Waals surface area contributed by atoms with Gasteiger partial charge in [0.2, 0.25) is 0 Å². The number of rotatable bonds is 2. The van der Waals surface area contributed by atoms with Crippen molar-refractivity contribution in [2.45, 2.75) is 0 Å². The van der Waals surface area contributed by atoms with E-state index < -0.39 is 17.8 Å². The van der Waals surface area contributed by atoms with E-state index >= 15 is 0 Å². The first-order chi connectivity index (χ1) is 10.6. The Bertz CT molecular complexity index is 798. The number of hydrogen-bond donors (Lipinski definition) is 1. The first-order valence-electron chi connectivity index (χ1n) is 6.28. The van der Waals surface area contributed by atoms with E-state index in [1.165, 1.54) is 17.4 Å². The molecule has 0 aliphatic carbocycles. The predicted molar refractivity (Wildman–Crippen MR) is 84.8 cm³/mol. The average Bonchev–Trinajstić information content (AvgIpc) is 2.90. The van der Waals surface area contributed by atoms with E-state index in [1.54, 1.807) is 42.5 Å². The molecular weight excluding hydrogens is 324 g/mol. The minimum Gasteiger partial charge on any atom is -0.273 e. The normalized spacial score (nSPS) is 17.0. The van der Waals surface area contributed by atoms with Crippen LogP contribution in [-0.2, 0) is 9.59 Å². The highest BCUT2D eigenvalue weighted by Gasteiger charge is 2.36. The van der Waals surface area contributed by atoms with Crippen molar-refractivity contribution >= 4 is 52.5 Å². The molecule has 110 valence electrons. The van der Waals surface area contributed by atoms with Gasteiger partial charge in [-0.2, -0.15) is 0 Å². The van der Waals surface area contributed by atoms with Gasteiger partial charge in [-0.15, -0.1) is 11.3 Å². The first kappa shape index (κ1) is 14.5. The van der Waals surface area contributed by atoms with Gasteiger partial charge in [-0.1, -0.05) is 29.8 Å². The smallest absolute Gasteiger partial charge is 0.273 e. The van der Waals surface area contributed by atoms with Gasteiger partial charge >= 0.3 is 6.03 Å². The lowest BCUT2D eigenvalue weighted by Crippen LogP contribution is -2.54. The van der Waals surface area contributed by atoms with Gasteiger partial charge in [0.25, 0.3) is 11.8 Å². The second kappa shape index (κ2) is 5.75. The van der Waals surface area contributed by atoms with Crippen molar-refractivity contribution in [2.75, 3.05) is 4.90 Å². The van der Waals surface area contributed by atoms with Gasteiger partial charge in [-0.05, 0) is 30.3 Å². The third kappa shape index (κ3) is 2.66. The molecule has 0 atom stereocenters. The lowest BCUT2D eigenvalue weighted by atomic mass is 10.1. The third-order valence-corrected chi connectivity index (χ3v) is 4.17. The van der Waals surface area contributed by atoms with E-state index in [0.717, 1.165) is 4.90 Å². The molecule has 1 fully saturated rings. The molecule has 0 radical (unpaired) electrons. The largest absolute Gasteiger partial charge is 0.335 e. The number of barbiturate groups is 1. The van der Waals surface area contributed by atoms with E-state index in [-0.39, 0.29) is 5.57 Å². The molecule has 3 rings (SSSR count). The Morgan fingerprint density at radius 2 is 1.77 bits per heavy atom. The van der Waals surface area contributed by atoms with Crippen LogP contribution in [0.2, 0.25) is 4.34 Å². The highest BCUT2D eigenvalue weighted by Crippen LogP contribution is 2.26. The third-order valence-electron chi connectivity index (χ3n) is 3.00. The van der Waals surface area contributed by atoms with Crippen LogP contribution in [0.25, 0.3) is 6.08 Å². The molecule has 2 heterocycles. The van der Waals surface area contributed by atoms with Crippen molar-refractivity contribution in [3.8, 4) is 0 Å². The van der Waals surface area contributed by atoms with Crippen LogP contribution in [0.5, 0.6) is 0 Å². The molecule has 1 aliphatic rings. The van der Waals surface area contributed by atoms with Crippen LogP contribution in [0.15, 0.2) is 48.0 Å². The number of para-hydroxylation sites is 1. The molecular formula is C15H9ClN2O3S.